The predicted molar refractivity (Wildman–Crippen MR) is 80.4 cm³/mol. The van der Waals surface area contributed by atoms with Crippen molar-refractivity contribution in [3.05, 3.63) is 35.9 Å². The average molecular weight is 314 g/mol. The van der Waals surface area contributed by atoms with Gasteiger partial charge >= 0.3 is 5.97 Å². The molecule has 1 aromatic carbocycles. The number of methoxy groups -OCH3 is 1. The standard InChI is InChI=1S/C14H22N2O4S/c1-11(2)9-13(14(17)20-3)16(21(15,18)19)10-12-7-5-4-6-8-12/h4-8,11,13H,9-10H2,1-3H3,(H2,15,18,19)/t13-/m0/s1. The molecule has 118 valence electrons. The first-order chi connectivity index (χ1) is 9.75. The summed E-state index contributed by atoms with van der Waals surface area (Å²) >= 11 is 0. The Balaban J connectivity index is 3.12. The van der Waals surface area contributed by atoms with E-state index in [9.17, 15) is 13.2 Å². The summed E-state index contributed by atoms with van der Waals surface area (Å²) < 4.78 is 29.5. The first kappa shape index (κ1) is 17.6. The zero-order chi connectivity index (χ0) is 16.0. The highest BCUT2D eigenvalue weighted by molar-refractivity contribution is 7.86. The van der Waals surface area contributed by atoms with Crippen LogP contribution in [0.5, 0.6) is 0 Å². The molecular formula is C14H22N2O4S. The van der Waals surface area contributed by atoms with Crippen LogP contribution in [0.4, 0.5) is 0 Å². The van der Waals surface area contributed by atoms with Crippen LogP contribution in [0.2, 0.25) is 0 Å². The number of benzene rings is 1. The van der Waals surface area contributed by atoms with Gasteiger partial charge in [-0.3, -0.25) is 4.79 Å². The third-order valence-corrected chi connectivity index (χ3v) is 4.06. The molecule has 0 aliphatic rings. The minimum atomic E-state index is -4.03. The van der Waals surface area contributed by atoms with Gasteiger partial charge in [0.05, 0.1) is 7.11 Å². The van der Waals surface area contributed by atoms with Gasteiger partial charge in [0, 0.05) is 6.54 Å². The van der Waals surface area contributed by atoms with Crippen LogP contribution in [-0.4, -0.2) is 31.8 Å². The van der Waals surface area contributed by atoms with E-state index in [2.05, 4.69) is 0 Å². The summed E-state index contributed by atoms with van der Waals surface area (Å²) in [6.45, 7) is 3.84. The van der Waals surface area contributed by atoms with Crippen LogP contribution in [0.15, 0.2) is 30.3 Å². The lowest BCUT2D eigenvalue weighted by atomic mass is 10.0. The Morgan fingerprint density at radius 3 is 2.29 bits per heavy atom. The third-order valence-electron chi connectivity index (χ3n) is 3.02. The van der Waals surface area contributed by atoms with E-state index in [1.54, 1.807) is 24.3 Å². The lowest BCUT2D eigenvalue weighted by Crippen LogP contribution is -2.48. The molecule has 0 aliphatic heterocycles. The van der Waals surface area contributed by atoms with Crippen LogP contribution in [0, 0.1) is 5.92 Å². The predicted octanol–water partition coefficient (Wildman–Crippen LogP) is 1.28. The van der Waals surface area contributed by atoms with Crippen LogP contribution in [0.25, 0.3) is 0 Å². The van der Waals surface area contributed by atoms with E-state index in [0.717, 1.165) is 9.87 Å². The molecule has 6 nitrogen and oxygen atoms in total. The quantitative estimate of drug-likeness (QED) is 0.768. The van der Waals surface area contributed by atoms with Gasteiger partial charge in [0.15, 0.2) is 0 Å². The van der Waals surface area contributed by atoms with Gasteiger partial charge in [-0.25, -0.2) is 5.14 Å². The Labute approximate surface area is 126 Å². The fourth-order valence-corrected chi connectivity index (χ4v) is 2.91. The fourth-order valence-electron chi connectivity index (χ4n) is 2.05. The summed E-state index contributed by atoms with van der Waals surface area (Å²) in [5.74, 6) is -0.484. The maximum Gasteiger partial charge on any atom is 0.324 e. The zero-order valence-corrected chi connectivity index (χ0v) is 13.3. The van der Waals surface area contributed by atoms with E-state index in [0.29, 0.717) is 6.42 Å². The monoisotopic (exact) mass is 314 g/mol. The smallest absolute Gasteiger partial charge is 0.324 e. The molecule has 21 heavy (non-hydrogen) atoms. The molecule has 0 aliphatic carbocycles. The second-order valence-corrected chi connectivity index (χ2v) is 6.74. The number of carbonyl (C=O) groups excluding carboxylic acids is 1. The first-order valence-corrected chi connectivity index (χ1v) is 8.17. The highest BCUT2D eigenvalue weighted by Gasteiger charge is 2.34. The van der Waals surface area contributed by atoms with E-state index >= 15 is 0 Å². The molecule has 0 saturated heterocycles. The molecule has 0 radical (unpaired) electrons. The van der Waals surface area contributed by atoms with Crippen LogP contribution in [0.3, 0.4) is 0 Å². The van der Waals surface area contributed by atoms with E-state index in [4.69, 9.17) is 9.88 Å². The Morgan fingerprint density at radius 2 is 1.86 bits per heavy atom. The molecule has 0 amide bonds. The number of rotatable bonds is 7. The highest BCUT2D eigenvalue weighted by atomic mass is 32.2. The number of ether oxygens (including phenoxy) is 1. The highest BCUT2D eigenvalue weighted by Crippen LogP contribution is 2.18. The normalized spacial score (nSPS) is 13.4. The van der Waals surface area contributed by atoms with Gasteiger partial charge in [0.25, 0.3) is 10.2 Å². The minimum absolute atomic E-state index is 0.0339. The second kappa shape index (κ2) is 7.53. The van der Waals surface area contributed by atoms with Crippen LogP contribution < -0.4 is 5.14 Å². The van der Waals surface area contributed by atoms with Gasteiger partial charge in [0.1, 0.15) is 6.04 Å². The van der Waals surface area contributed by atoms with E-state index in [1.807, 2.05) is 19.9 Å². The van der Waals surface area contributed by atoms with Crippen molar-refractivity contribution < 1.29 is 17.9 Å². The number of esters is 1. The summed E-state index contributed by atoms with van der Waals surface area (Å²) in [4.78, 5) is 11.9. The molecule has 0 bridgehead atoms. The molecule has 0 spiro atoms. The van der Waals surface area contributed by atoms with E-state index < -0.39 is 22.2 Å². The van der Waals surface area contributed by atoms with Gasteiger partial charge in [0.2, 0.25) is 0 Å². The van der Waals surface area contributed by atoms with Crippen molar-refractivity contribution in [1.82, 2.24) is 4.31 Å². The Bertz CT molecular complexity index is 558. The van der Waals surface area contributed by atoms with Crippen molar-refractivity contribution in [2.24, 2.45) is 11.1 Å². The van der Waals surface area contributed by atoms with Crippen molar-refractivity contribution in [1.29, 1.82) is 0 Å². The van der Waals surface area contributed by atoms with Crippen molar-refractivity contribution in [2.75, 3.05) is 7.11 Å². The Kier molecular flexibility index (Phi) is 6.32. The van der Waals surface area contributed by atoms with Gasteiger partial charge < -0.3 is 4.74 Å². The van der Waals surface area contributed by atoms with Crippen LogP contribution >= 0.6 is 0 Å². The number of hydrogen-bond donors (Lipinski definition) is 1. The summed E-state index contributed by atoms with van der Waals surface area (Å²) in [7, 11) is -2.79. The first-order valence-electron chi connectivity index (χ1n) is 6.67. The number of hydrogen-bond acceptors (Lipinski definition) is 4. The van der Waals surface area contributed by atoms with Crippen LogP contribution in [-0.2, 0) is 26.3 Å². The third kappa shape index (κ3) is 5.45. The molecule has 0 aromatic heterocycles. The van der Waals surface area contributed by atoms with Gasteiger partial charge in [-0.1, -0.05) is 44.2 Å². The number of carbonyl (C=O) groups is 1. The number of nitrogens with two attached hydrogens (primary N) is 1. The lowest BCUT2D eigenvalue weighted by Gasteiger charge is -2.28. The SMILES string of the molecule is COC(=O)[C@H](CC(C)C)N(Cc1ccccc1)S(N)(=O)=O. The van der Waals surface area contributed by atoms with Crippen LogP contribution in [0.1, 0.15) is 25.8 Å². The van der Waals surface area contributed by atoms with Gasteiger partial charge in [-0.15, -0.1) is 0 Å². The second-order valence-electron chi connectivity index (χ2n) is 5.24. The van der Waals surface area contributed by atoms with Gasteiger partial charge in [-0.05, 0) is 17.9 Å². The van der Waals surface area contributed by atoms with Gasteiger partial charge in [-0.2, -0.15) is 12.7 Å². The summed E-state index contributed by atoms with van der Waals surface area (Å²) in [5, 5.41) is 5.29. The topological polar surface area (TPSA) is 89.7 Å². The molecule has 0 heterocycles. The molecule has 0 unspecified atom stereocenters. The van der Waals surface area contributed by atoms with Crippen molar-refractivity contribution >= 4 is 16.2 Å². The van der Waals surface area contributed by atoms with E-state index in [-0.39, 0.29) is 12.5 Å². The maximum absolute atomic E-state index is 11.9. The average Bonchev–Trinajstić information content (AvgIpc) is 2.41. The number of nitrogens with zero attached hydrogens (tertiary/aromatic N) is 1. The molecule has 2 N–H and O–H groups in total. The fraction of sp³-hybridized carbons (Fsp3) is 0.500. The molecule has 0 saturated carbocycles. The summed E-state index contributed by atoms with van der Waals surface area (Å²) in [5.41, 5.74) is 0.754. The molecule has 1 aromatic rings. The summed E-state index contributed by atoms with van der Waals surface area (Å²) in [6.07, 6.45) is 0.343. The molecule has 1 atom stereocenters. The summed E-state index contributed by atoms with van der Waals surface area (Å²) in [6, 6.07) is 8.06. The van der Waals surface area contributed by atoms with E-state index in [1.165, 1.54) is 7.11 Å². The lowest BCUT2D eigenvalue weighted by molar-refractivity contribution is -0.145. The zero-order valence-electron chi connectivity index (χ0n) is 12.5. The molecule has 1 rings (SSSR count). The minimum Gasteiger partial charge on any atom is -0.468 e. The van der Waals surface area contributed by atoms with Crippen molar-refractivity contribution in [3.63, 3.8) is 0 Å². The largest absolute Gasteiger partial charge is 0.468 e. The Hall–Kier alpha value is -1.44. The van der Waals surface area contributed by atoms with Crippen molar-refractivity contribution in [3.8, 4) is 0 Å². The molecule has 0 fully saturated rings. The maximum atomic E-state index is 11.9. The molecular weight excluding hydrogens is 292 g/mol. The van der Waals surface area contributed by atoms with Crippen molar-refractivity contribution in [2.45, 2.75) is 32.9 Å². The molecule has 7 heteroatoms. The Morgan fingerprint density at radius 1 is 1.29 bits per heavy atom.